The van der Waals surface area contributed by atoms with E-state index in [4.69, 9.17) is 14.4 Å². The number of nitrogens with zero attached hydrogens (tertiary/aromatic N) is 2. The van der Waals surface area contributed by atoms with E-state index in [1.807, 2.05) is 6.07 Å². The summed E-state index contributed by atoms with van der Waals surface area (Å²) in [6.45, 7) is 0.422. The van der Waals surface area contributed by atoms with Gasteiger partial charge in [-0.3, -0.25) is 4.79 Å². The Balaban J connectivity index is 2.15. The zero-order valence-electron chi connectivity index (χ0n) is 12.8. The van der Waals surface area contributed by atoms with Crippen LogP contribution in [-0.4, -0.2) is 29.6 Å². The van der Waals surface area contributed by atoms with Gasteiger partial charge in [-0.25, -0.2) is 0 Å². The van der Waals surface area contributed by atoms with Gasteiger partial charge in [0.15, 0.2) is 6.10 Å². The van der Waals surface area contributed by atoms with Crippen LogP contribution >= 0.6 is 0 Å². The average Bonchev–Trinajstić information content (AvgIpc) is 3.10. The zero-order valence-corrected chi connectivity index (χ0v) is 12.8. The van der Waals surface area contributed by atoms with Gasteiger partial charge >= 0.3 is 0 Å². The van der Waals surface area contributed by atoms with Gasteiger partial charge < -0.3 is 19.2 Å². The lowest BCUT2D eigenvalue weighted by atomic mass is 10.1. The number of methoxy groups -OCH3 is 1. The Morgan fingerprint density at radius 3 is 2.91 bits per heavy atom. The molecule has 0 radical (unpaired) electrons. The van der Waals surface area contributed by atoms with Crippen molar-refractivity contribution in [1.29, 1.82) is 5.26 Å². The first kappa shape index (κ1) is 16.6. The van der Waals surface area contributed by atoms with Crippen molar-refractivity contribution in [3.8, 4) is 11.8 Å². The number of carbonyl (C=O) groups is 1. The van der Waals surface area contributed by atoms with Crippen molar-refractivity contribution in [2.75, 3.05) is 13.7 Å². The van der Waals surface area contributed by atoms with Crippen molar-refractivity contribution >= 4 is 5.91 Å². The summed E-state index contributed by atoms with van der Waals surface area (Å²) in [5.74, 6) is 0.669. The monoisotopic (exact) mass is 314 g/mol. The Hall–Kier alpha value is -2.78. The maximum absolute atomic E-state index is 12.6. The molecular formula is C17H18N2O4. The van der Waals surface area contributed by atoms with Crippen LogP contribution in [0.5, 0.6) is 5.75 Å². The Morgan fingerprint density at radius 2 is 2.26 bits per heavy atom. The van der Waals surface area contributed by atoms with Crippen molar-refractivity contribution in [3.63, 3.8) is 0 Å². The molecule has 2 aromatic rings. The molecule has 0 aliphatic rings. The Morgan fingerprint density at radius 1 is 1.43 bits per heavy atom. The van der Waals surface area contributed by atoms with Gasteiger partial charge in [0.1, 0.15) is 11.5 Å². The molecule has 1 amide bonds. The van der Waals surface area contributed by atoms with Gasteiger partial charge in [0.05, 0.1) is 32.4 Å². The van der Waals surface area contributed by atoms with E-state index in [2.05, 4.69) is 0 Å². The van der Waals surface area contributed by atoms with Crippen LogP contribution in [0, 0.1) is 11.3 Å². The molecule has 0 fully saturated rings. The van der Waals surface area contributed by atoms with Crippen LogP contribution in [0.25, 0.3) is 0 Å². The number of hydrogen-bond acceptors (Lipinski definition) is 5. The lowest BCUT2D eigenvalue weighted by Crippen LogP contribution is -2.35. The fraction of sp³-hybridized carbons (Fsp3) is 0.294. The van der Waals surface area contributed by atoms with Gasteiger partial charge in [0, 0.05) is 6.54 Å². The largest absolute Gasteiger partial charge is 0.497 e. The van der Waals surface area contributed by atoms with E-state index in [-0.39, 0.29) is 19.5 Å². The number of amides is 1. The molecule has 6 nitrogen and oxygen atoms in total. The summed E-state index contributed by atoms with van der Waals surface area (Å²) in [5.41, 5.74) is 0.441. The highest BCUT2D eigenvalue weighted by Crippen LogP contribution is 2.22. The van der Waals surface area contributed by atoms with E-state index in [1.54, 1.807) is 36.4 Å². The number of benzene rings is 1. The number of carbonyl (C=O) groups excluding carboxylic acids is 1. The number of hydrogen-bond donors (Lipinski definition) is 1. The summed E-state index contributed by atoms with van der Waals surface area (Å²) in [6, 6.07) is 12.2. The zero-order chi connectivity index (χ0) is 16.7. The molecule has 1 unspecified atom stereocenters. The highest BCUT2D eigenvalue weighted by atomic mass is 16.5. The predicted octanol–water partition coefficient (Wildman–Crippen LogP) is 2.26. The summed E-state index contributed by atoms with van der Waals surface area (Å²) in [5, 5.41) is 19.1. The number of furan rings is 1. The maximum atomic E-state index is 12.6. The second-order valence-corrected chi connectivity index (χ2v) is 4.93. The maximum Gasteiger partial charge on any atom is 0.256 e. The number of aliphatic hydroxyl groups excluding tert-OH is 1. The topological polar surface area (TPSA) is 86.7 Å². The molecule has 0 aliphatic carbocycles. The molecule has 1 aromatic heterocycles. The van der Waals surface area contributed by atoms with Crippen molar-refractivity contribution in [3.05, 3.63) is 54.0 Å². The molecular weight excluding hydrogens is 296 g/mol. The molecule has 0 aliphatic heterocycles. The van der Waals surface area contributed by atoms with Crippen molar-refractivity contribution in [2.24, 2.45) is 0 Å². The molecule has 6 heteroatoms. The van der Waals surface area contributed by atoms with E-state index < -0.39 is 12.0 Å². The highest BCUT2D eigenvalue weighted by Gasteiger charge is 2.24. The number of ether oxygens (including phenoxy) is 1. The SMILES string of the molecule is COc1cccc(C(O)C(=O)N(CCC#N)Cc2ccco2)c1. The summed E-state index contributed by atoms with van der Waals surface area (Å²) < 4.78 is 10.3. The molecule has 1 atom stereocenters. The van der Waals surface area contributed by atoms with Crippen molar-refractivity contribution < 1.29 is 19.1 Å². The normalized spacial score (nSPS) is 11.5. The number of aliphatic hydroxyl groups is 1. The van der Waals surface area contributed by atoms with E-state index >= 15 is 0 Å². The Bertz CT molecular complexity index is 676. The molecule has 0 spiro atoms. The Labute approximate surface area is 134 Å². The van der Waals surface area contributed by atoms with Crippen LogP contribution < -0.4 is 4.74 Å². The second kappa shape index (κ2) is 8.01. The van der Waals surface area contributed by atoms with E-state index in [0.29, 0.717) is 17.1 Å². The van der Waals surface area contributed by atoms with Crippen LogP contribution in [0.2, 0.25) is 0 Å². The summed E-state index contributed by atoms with van der Waals surface area (Å²) in [4.78, 5) is 14.0. The highest BCUT2D eigenvalue weighted by molar-refractivity contribution is 5.82. The molecule has 1 N–H and O–H groups in total. The minimum atomic E-state index is -1.32. The third-order valence-corrected chi connectivity index (χ3v) is 3.38. The first-order valence-corrected chi connectivity index (χ1v) is 7.16. The molecule has 23 heavy (non-hydrogen) atoms. The van der Waals surface area contributed by atoms with E-state index in [9.17, 15) is 9.90 Å². The molecule has 0 bridgehead atoms. The average molecular weight is 314 g/mol. The minimum absolute atomic E-state index is 0.178. The van der Waals surface area contributed by atoms with Crippen molar-refractivity contribution in [2.45, 2.75) is 19.1 Å². The number of nitriles is 1. The molecule has 120 valence electrons. The molecule has 0 saturated heterocycles. The standard InChI is InChI=1S/C17H18N2O4/c1-22-14-6-2-5-13(11-14)16(20)17(21)19(9-4-8-18)12-15-7-3-10-23-15/h2-3,5-7,10-11,16,20H,4,9,12H2,1H3. The van der Waals surface area contributed by atoms with Gasteiger partial charge in [-0.1, -0.05) is 12.1 Å². The molecule has 0 saturated carbocycles. The number of rotatable bonds is 7. The summed E-state index contributed by atoms with van der Waals surface area (Å²) >= 11 is 0. The molecule has 1 aromatic carbocycles. The lowest BCUT2D eigenvalue weighted by Gasteiger charge is -2.23. The van der Waals surface area contributed by atoms with Crippen LogP contribution in [0.4, 0.5) is 0 Å². The second-order valence-electron chi connectivity index (χ2n) is 4.93. The smallest absolute Gasteiger partial charge is 0.256 e. The predicted molar refractivity (Wildman–Crippen MR) is 82.3 cm³/mol. The van der Waals surface area contributed by atoms with E-state index in [0.717, 1.165) is 0 Å². The minimum Gasteiger partial charge on any atom is -0.497 e. The summed E-state index contributed by atoms with van der Waals surface area (Å²) in [6.07, 6.45) is 0.372. The van der Waals surface area contributed by atoms with Crippen LogP contribution in [0.1, 0.15) is 23.8 Å². The van der Waals surface area contributed by atoms with Gasteiger partial charge in [0.2, 0.25) is 0 Å². The molecule has 2 rings (SSSR count). The third kappa shape index (κ3) is 4.34. The van der Waals surface area contributed by atoms with E-state index in [1.165, 1.54) is 18.3 Å². The van der Waals surface area contributed by atoms with Gasteiger partial charge in [-0.05, 0) is 29.8 Å². The fourth-order valence-corrected chi connectivity index (χ4v) is 2.17. The van der Waals surface area contributed by atoms with Gasteiger partial charge in [-0.2, -0.15) is 5.26 Å². The Kier molecular flexibility index (Phi) is 5.78. The van der Waals surface area contributed by atoms with Gasteiger partial charge in [0.25, 0.3) is 5.91 Å². The molecule has 1 heterocycles. The first-order valence-electron chi connectivity index (χ1n) is 7.16. The first-order chi connectivity index (χ1) is 11.2. The third-order valence-electron chi connectivity index (χ3n) is 3.38. The van der Waals surface area contributed by atoms with Crippen LogP contribution in [0.3, 0.4) is 0 Å². The quantitative estimate of drug-likeness (QED) is 0.847. The van der Waals surface area contributed by atoms with Crippen LogP contribution in [-0.2, 0) is 11.3 Å². The summed E-state index contributed by atoms with van der Waals surface area (Å²) in [7, 11) is 1.52. The fourth-order valence-electron chi connectivity index (χ4n) is 2.17. The van der Waals surface area contributed by atoms with Gasteiger partial charge in [-0.15, -0.1) is 0 Å². The lowest BCUT2D eigenvalue weighted by molar-refractivity contribution is -0.141. The van der Waals surface area contributed by atoms with Crippen LogP contribution in [0.15, 0.2) is 47.1 Å². The van der Waals surface area contributed by atoms with Crippen molar-refractivity contribution in [1.82, 2.24) is 4.90 Å².